The van der Waals surface area contributed by atoms with E-state index in [2.05, 4.69) is 20.8 Å². The number of hydrogen-bond donors (Lipinski definition) is 1. The van der Waals surface area contributed by atoms with E-state index in [1.807, 2.05) is 0 Å². The van der Waals surface area contributed by atoms with E-state index in [-0.39, 0.29) is 0 Å². The van der Waals surface area contributed by atoms with Crippen LogP contribution in [0, 0.1) is 23.2 Å². The maximum atomic E-state index is 11.2. The van der Waals surface area contributed by atoms with Gasteiger partial charge in [0.2, 0.25) is 0 Å². The fraction of sp³-hybridized carbons (Fsp3) is 0.824. The molecule has 0 amide bonds. The molecule has 0 heterocycles. The maximum Gasteiger partial charge on any atom is 0.331 e. The number of hydrogen-bond acceptors (Lipinski definition) is 1. The number of aliphatic carboxylic acids is 1. The topological polar surface area (TPSA) is 37.3 Å². The van der Waals surface area contributed by atoms with E-state index in [1.165, 1.54) is 31.3 Å². The lowest BCUT2D eigenvalue weighted by Crippen LogP contribution is -2.43. The first kappa shape index (κ1) is 14.6. The maximum absolute atomic E-state index is 11.2. The molecule has 2 heteroatoms. The first-order chi connectivity index (χ1) is 8.87. The Kier molecular flexibility index (Phi) is 4.08. The predicted molar refractivity (Wildman–Crippen MR) is 78.0 cm³/mol. The highest BCUT2D eigenvalue weighted by Gasteiger charge is 2.46. The van der Waals surface area contributed by atoms with Gasteiger partial charge in [0, 0.05) is 5.57 Å². The zero-order valence-electron chi connectivity index (χ0n) is 12.8. The molecule has 0 aromatic heterocycles. The average molecular weight is 264 g/mol. The molecule has 0 bridgehead atoms. The predicted octanol–water partition coefficient (Wildman–Crippen LogP) is 4.65. The fourth-order valence-corrected chi connectivity index (χ4v) is 4.62. The third kappa shape index (κ3) is 2.59. The molecule has 0 aromatic carbocycles. The molecule has 0 spiro atoms. The Bertz CT molecular complexity index is 392. The lowest BCUT2D eigenvalue weighted by molar-refractivity contribution is -0.132. The van der Waals surface area contributed by atoms with Crippen LogP contribution in [-0.4, -0.2) is 11.1 Å². The number of carboxylic acids is 1. The second-order valence-electron chi connectivity index (χ2n) is 7.15. The quantitative estimate of drug-likeness (QED) is 0.737. The highest BCUT2D eigenvalue weighted by molar-refractivity contribution is 5.86. The monoisotopic (exact) mass is 264 g/mol. The van der Waals surface area contributed by atoms with Crippen LogP contribution in [0.2, 0.25) is 0 Å². The van der Waals surface area contributed by atoms with Crippen LogP contribution in [0.3, 0.4) is 0 Å². The van der Waals surface area contributed by atoms with E-state index in [0.29, 0.717) is 16.9 Å². The number of rotatable bonds is 2. The van der Waals surface area contributed by atoms with Crippen LogP contribution < -0.4 is 0 Å². The molecule has 1 N–H and O–H groups in total. The molecule has 2 fully saturated rings. The third-order valence-electron chi connectivity index (χ3n) is 6.09. The van der Waals surface area contributed by atoms with Crippen molar-refractivity contribution in [3.05, 3.63) is 11.1 Å². The standard InChI is InChI=1S/C17H28O2/c1-5-14-9-8-12-6-7-13(11(2)16(18)19)10-15(12)17(14,3)4/h12,14-15H,5-10H2,1-4H3,(H,18,19)/b13-11-/t12-,14-,15+/m0/s1. The third-order valence-corrected chi connectivity index (χ3v) is 6.09. The molecule has 19 heavy (non-hydrogen) atoms. The van der Waals surface area contributed by atoms with Crippen molar-refractivity contribution in [1.29, 1.82) is 0 Å². The molecule has 0 unspecified atom stereocenters. The number of allylic oxidation sites excluding steroid dienone is 1. The molecule has 2 nitrogen and oxygen atoms in total. The van der Waals surface area contributed by atoms with Crippen molar-refractivity contribution in [2.45, 2.75) is 66.2 Å². The van der Waals surface area contributed by atoms with Crippen molar-refractivity contribution in [3.8, 4) is 0 Å². The van der Waals surface area contributed by atoms with Crippen molar-refractivity contribution in [1.82, 2.24) is 0 Å². The van der Waals surface area contributed by atoms with Crippen LogP contribution in [-0.2, 0) is 4.79 Å². The van der Waals surface area contributed by atoms with Gasteiger partial charge in [0.1, 0.15) is 0 Å². The van der Waals surface area contributed by atoms with E-state index in [4.69, 9.17) is 0 Å². The summed E-state index contributed by atoms with van der Waals surface area (Å²) in [7, 11) is 0. The van der Waals surface area contributed by atoms with E-state index in [1.54, 1.807) is 6.92 Å². The Labute approximate surface area is 117 Å². The molecule has 2 saturated carbocycles. The van der Waals surface area contributed by atoms with Crippen LogP contribution in [0.15, 0.2) is 11.1 Å². The number of fused-ring (bicyclic) bond motifs is 1. The van der Waals surface area contributed by atoms with Gasteiger partial charge in [-0.1, -0.05) is 32.8 Å². The molecule has 2 rings (SSSR count). The van der Waals surface area contributed by atoms with Crippen molar-refractivity contribution in [3.63, 3.8) is 0 Å². The van der Waals surface area contributed by atoms with E-state index in [9.17, 15) is 9.90 Å². The van der Waals surface area contributed by atoms with Crippen LogP contribution in [0.5, 0.6) is 0 Å². The summed E-state index contributed by atoms with van der Waals surface area (Å²) in [4.78, 5) is 11.2. The molecule has 2 aliphatic rings. The molecule has 0 saturated heterocycles. The number of carbonyl (C=O) groups is 1. The highest BCUT2D eigenvalue weighted by Crippen LogP contribution is 2.55. The smallest absolute Gasteiger partial charge is 0.331 e. The fourth-order valence-electron chi connectivity index (χ4n) is 4.62. The van der Waals surface area contributed by atoms with Gasteiger partial charge in [0.05, 0.1) is 0 Å². The van der Waals surface area contributed by atoms with Gasteiger partial charge in [-0.25, -0.2) is 4.79 Å². The molecular weight excluding hydrogens is 236 g/mol. The van der Waals surface area contributed by atoms with Gasteiger partial charge in [0.15, 0.2) is 0 Å². The first-order valence-electron chi connectivity index (χ1n) is 7.79. The molecule has 2 aliphatic carbocycles. The van der Waals surface area contributed by atoms with E-state index < -0.39 is 5.97 Å². The van der Waals surface area contributed by atoms with Gasteiger partial charge in [0.25, 0.3) is 0 Å². The van der Waals surface area contributed by atoms with Crippen LogP contribution >= 0.6 is 0 Å². The molecule has 108 valence electrons. The Morgan fingerprint density at radius 3 is 2.58 bits per heavy atom. The average Bonchev–Trinajstić information content (AvgIpc) is 2.37. The normalized spacial score (nSPS) is 36.5. The van der Waals surface area contributed by atoms with Gasteiger partial charge in [-0.2, -0.15) is 0 Å². The minimum Gasteiger partial charge on any atom is -0.478 e. The largest absolute Gasteiger partial charge is 0.478 e. The first-order valence-corrected chi connectivity index (χ1v) is 7.79. The molecule has 0 aliphatic heterocycles. The van der Waals surface area contributed by atoms with Gasteiger partial charge in [-0.15, -0.1) is 0 Å². The Morgan fingerprint density at radius 2 is 2.00 bits per heavy atom. The summed E-state index contributed by atoms with van der Waals surface area (Å²) in [5, 5.41) is 9.20. The summed E-state index contributed by atoms with van der Waals surface area (Å²) in [5.74, 6) is 1.58. The van der Waals surface area contributed by atoms with E-state index >= 15 is 0 Å². The highest BCUT2D eigenvalue weighted by atomic mass is 16.4. The van der Waals surface area contributed by atoms with Crippen molar-refractivity contribution < 1.29 is 9.90 Å². The van der Waals surface area contributed by atoms with Gasteiger partial charge >= 0.3 is 5.97 Å². The lowest BCUT2D eigenvalue weighted by Gasteiger charge is -2.52. The summed E-state index contributed by atoms with van der Waals surface area (Å²) in [6, 6.07) is 0. The molecule has 0 aromatic rings. The van der Waals surface area contributed by atoms with Crippen molar-refractivity contribution >= 4 is 5.97 Å². The van der Waals surface area contributed by atoms with Gasteiger partial charge in [-0.3, -0.25) is 0 Å². The van der Waals surface area contributed by atoms with Crippen LogP contribution in [0.1, 0.15) is 66.2 Å². The minimum atomic E-state index is -0.728. The van der Waals surface area contributed by atoms with Crippen molar-refractivity contribution in [2.75, 3.05) is 0 Å². The van der Waals surface area contributed by atoms with Crippen LogP contribution in [0.25, 0.3) is 0 Å². The van der Waals surface area contributed by atoms with Gasteiger partial charge < -0.3 is 5.11 Å². The SMILES string of the molecule is CC[C@H]1CC[C@@H]2CC/C(=C(\C)C(=O)O)C[C@H]2C1(C)C. The molecule has 3 atom stereocenters. The number of carboxylic acid groups (broad SMARTS) is 1. The van der Waals surface area contributed by atoms with E-state index in [0.717, 1.165) is 24.7 Å². The molecular formula is C17H28O2. The Morgan fingerprint density at radius 1 is 1.32 bits per heavy atom. The van der Waals surface area contributed by atoms with Crippen LogP contribution in [0.4, 0.5) is 0 Å². The Balaban J connectivity index is 2.24. The second kappa shape index (κ2) is 5.30. The zero-order chi connectivity index (χ0) is 14.2. The summed E-state index contributed by atoms with van der Waals surface area (Å²) in [5.41, 5.74) is 2.17. The van der Waals surface area contributed by atoms with Crippen molar-refractivity contribution in [2.24, 2.45) is 23.2 Å². The summed E-state index contributed by atoms with van der Waals surface area (Å²) in [6.45, 7) is 8.91. The zero-order valence-corrected chi connectivity index (χ0v) is 12.8. The summed E-state index contributed by atoms with van der Waals surface area (Å²) >= 11 is 0. The Hall–Kier alpha value is -0.790. The summed E-state index contributed by atoms with van der Waals surface area (Å²) in [6.07, 6.45) is 7.20. The minimum absolute atomic E-state index is 0.363. The lowest BCUT2D eigenvalue weighted by atomic mass is 9.53. The second-order valence-corrected chi connectivity index (χ2v) is 7.15. The molecule has 0 radical (unpaired) electrons. The van der Waals surface area contributed by atoms with Gasteiger partial charge in [-0.05, 0) is 62.2 Å². The summed E-state index contributed by atoms with van der Waals surface area (Å²) < 4.78 is 0.